The molecule has 0 bridgehead atoms. The first-order chi connectivity index (χ1) is 11.4. The van der Waals surface area contributed by atoms with E-state index in [9.17, 15) is 14.7 Å². The highest BCUT2D eigenvalue weighted by Crippen LogP contribution is 2.32. The first kappa shape index (κ1) is 17.5. The van der Waals surface area contributed by atoms with Crippen molar-refractivity contribution in [3.63, 3.8) is 0 Å². The van der Waals surface area contributed by atoms with E-state index in [0.29, 0.717) is 41.5 Å². The highest BCUT2D eigenvalue weighted by atomic mass is 35.5. The van der Waals surface area contributed by atoms with Crippen LogP contribution in [0.15, 0.2) is 18.2 Å². The molecule has 1 heterocycles. The summed E-state index contributed by atoms with van der Waals surface area (Å²) in [7, 11) is 0. The molecule has 130 valence electrons. The Morgan fingerprint density at radius 1 is 1.25 bits per heavy atom. The Hall–Kier alpha value is -1.30. The fourth-order valence-corrected chi connectivity index (χ4v) is 3.94. The number of piperidine rings is 1. The van der Waals surface area contributed by atoms with Crippen molar-refractivity contribution in [2.45, 2.75) is 50.2 Å². The van der Waals surface area contributed by atoms with Crippen LogP contribution in [0.3, 0.4) is 0 Å². The number of carbonyl (C=O) groups is 2. The van der Waals surface area contributed by atoms with Crippen molar-refractivity contribution < 1.29 is 14.7 Å². The van der Waals surface area contributed by atoms with Crippen LogP contribution in [0, 0.1) is 0 Å². The molecule has 2 fully saturated rings. The molecule has 24 heavy (non-hydrogen) atoms. The number of aliphatic hydroxyl groups is 1. The van der Waals surface area contributed by atoms with Crippen LogP contribution in [-0.2, 0) is 9.59 Å². The molecule has 1 atom stereocenters. The van der Waals surface area contributed by atoms with Crippen molar-refractivity contribution in [3.05, 3.63) is 28.2 Å². The maximum absolute atomic E-state index is 12.8. The quantitative estimate of drug-likeness (QED) is 0.859. The van der Waals surface area contributed by atoms with Gasteiger partial charge in [-0.2, -0.15) is 0 Å². The van der Waals surface area contributed by atoms with Gasteiger partial charge in [-0.1, -0.05) is 23.2 Å². The maximum atomic E-state index is 12.8. The average Bonchev–Trinajstić information content (AvgIpc) is 2.98. The smallest absolute Gasteiger partial charge is 0.252 e. The van der Waals surface area contributed by atoms with Gasteiger partial charge in [-0.25, -0.2) is 0 Å². The molecule has 1 aromatic carbocycles. The van der Waals surface area contributed by atoms with Gasteiger partial charge in [-0.05, 0) is 56.7 Å². The Labute approximate surface area is 150 Å². The first-order valence-corrected chi connectivity index (χ1v) is 8.96. The van der Waals surface area contributed by atoms with Crippen molar-refractivity contribution in [1.82, 2.24) is 5.32 Å². The maximum Gasteiger partial charge on any atom is 0.252 e. The van der Waals surface area contributed by atoms with Gasteiger partial charge in [0.2, 0.25) is 5.91 Å². The monoisotopic (exact) mass is 370 g/mol. The molecule has 0 aromatic heterocycles. The van der Waals surface area contributed by atoms with Crippen LogP contribution in [0.1, 0.15) is 38.5 Å². The fraction of sp³-hybridized carbons (Fsp3) is 0.529. The summed E-state index contributed by atoms with van der Waals surface area (Å²) in [5.41, 5.74) is -0.745. The molecule has 5 nitrogen and oxygen atoms in total. The Morgan fingerprint density at radius 3 is 2.62 bits per heavy atom. The summed E-state index contributed by atoms with van der Waals surface area (Å²) in [4.78, 5) is 26.7. The number of benzene rings is 1. The molecule has 2 N–H and O–H groups in total. The van der Waals surface area contributed by atoms with Gasteiger partial charge in [0, 0.05) is 11.6 Å². The molecule has 1 saturated carbocycles. The Balaban J connectivity index is 1.74. The van der Waals surface area contributed by atoms with Gasteiger partial charge < -0.3 is 15.3 Å². The molecule has 1 saturated heterocycles. The summed E-state index contributed by atoms with van der Waals surface area (Å²) >= 11 is 12.1. The molecule has 2 amide bonds. The van der Waals surface area contributed by atoms with Crippen LogP contribution in [0.2, 0.25) is 10.0 Å². The van der Waals surface area contributed by atoms with Crippen LogP contribution in [0.25, 0.3) is 0 Å². The number of rotatable bonds is 3. The second-order valence-corrected chi connectivity index (χ2v) is 7.34. The van der Waals surface area contributed by atoms with E-state index in [0.717, 1.165) is 19.3 Å². The van der Waals surface area contributed by atoms with Crippen molar-refractivity contribution in [2.24, 2.45) is 0 Å². The third-order valence-electron chi connectivity index (χ3n) is 4.80. The van der Waals surface area contributed by atoms with Crippen molar-refractivity contribution in [3.8, 4) is 0 Å². The highest BCUT2D eigenvalue weighted by molar-refractivity contribution is 6.36. The largest absolute Gasteiger partial charge is 0.380 e. The summed E-state index contributed by atoms with van der Waals surface area (Å²) in [6.07, 6.45) is 3.86. The molecular formula is C17H20Cl2N2O3. The van der Waals surface area contributed by atoms with Crippen LogP contribution < -0.4 is 10.2 Å². The molecule has 1 aliphatic carbocycles. The lowest BCUT2D eigenvalue weighted by Crippen LogP contribution is -2.56. The summed E-state index contributed by atoms with van der Waals surface area (Å²) in [5.74, 6) is -0.650. The normalized spacial score (nSPS) is 23.4. The van der Waals surface area contributed by atoms with Gasteiger partial charge in [-0.3, -0.25) is 9.59 Å². The van der Waals surface area contributed by atoms with E-state index in [1.165, 1.54) is 0 Å². The topological polar surface area (TPSA) is 69.6 Å². The van der Waals surface area contributed by atoms with Gasteiger partial charge in [-0.15, -0.1) is 0 Å². The van der Waals surface area contributed by atoms with Gasteiger partial charge in [0.05, 0.1) is 10.7 Å². The summed E-state index contributed by atoms with van der Waals surface area (Å²) in [5, 5.41) is 14.0. The number of hydrogen-bond acceptors (Lipinski definition) is 3. The number of nitrogens with one attached hydrogen (secondary N) is 1. The number of hydrogen-bond donors (Lipinski definition) is 2. The second kappa shape index (κ2) is 6.90. The Bertz CT molecular complexity index is 659. The molecule has 2 aliphatic rings. The zero-order valence-corrected chi connectivity index (χ0v) is 14.7. The summed E-state index contributed by atoms with van der Waals surface area (Å²) in [6.45, 7) is 0.539. The molecule has 0 spiro atoms. The lowest BCUT2D eigenvalue weighted by molar-refractivity contribution is -0.142. The van der Waals surface area contributed by atoms with Gasteiger partial charge >= 0.3 is 0 Å². The minimum absolute atomic E-state index is 0.208. The van der Waals surface area contributed by atoms with Crippen LogP contribution in [-0.4, -0.2) is 35.1 Å². The third kappa shape index (κ3) is 3.39. The Kier molecular flexibility index (Phi) is 5.04. The molecule has 0 radical (unpaired) electrons. The van der Waals surface area contributed by atoms with Crippen LogP contribution >= 0.6 is 23.2 Å². The lowest BCUT2D eigenvalue weighted by Gasteiger charge is -2.34. The minimum Gasteiger partial charge on any atom is -0.380 e. The number of halogens is 2. The standard InChI is InChI=1S/C17H20Cl2N2O3/c18-11-5-6-14(12(19)10-11)21-9-3-4-13(15(21)22)20-16(23)17(24)7-1-2-8-17/h5-6,10,13,24H,1-4,7-9H2,(H,20,23)/t13-/m0/s1. The summed E-state index contributed by atoms with van der Waals surface area (Å²) < 4.78 is 0. The van der Waals surface area contributed by atoms with E-state index in [1.807, 2.05) is 0 Å². The number of anilines is 1. The molecule has 0 unspecified atom stereocenters. The second-order valence-electron chi connectivity index (χ2n) is 6.49. The van der Waals surface area contributed by atoms with E-state index in [4.69, 9.17) is 23.2 Å². The molecule has 7 heteroatoms. The van der Waals surface area contributed by atoms with Gasteiger partial charge in [0.1, 0.15) is 11.6 Å². The molecule has 1 aliphatic heterocycles. The predicted molar refractivity (Wildman–Crippen MR) is 93.4 cm³/mol. The minimum atomic E-state index is -1.33. The zero-order chi connectivity index (χ0) is 17.3. The lowest BCUT2D eigenvalue weighted by atomic mass is 9.98. The first-order valence-electron chi connectivity index (χ1n) is 8.20. The van der Waals surface area contributed by atoms with E-state index in [-0.39, 0.29) is 5.91 Å². The van der Waals surface area contributed by atoms with E-state index < -0.39 is 17.6 Å². The Morgan fingerprint density at radius 2 is 1.96 bits per heavy atom. The SMILES string of the molecule is O=C1[C@@H](NC(=O)C2(O)CCCC2)CCCN1c1ccc(Cl)cc1Cl. The van der Waals surface area contributed by atoms with E-state index >= 15 is 0 Å². The van der Waals surface area contributed by atoms with Crippen molar-refractivity contribution in [1.29, 1.82) is 0 Å². The number of amides is 2. The van der Waals surface area contributed by atoms with Gasteiger partial charge in [0.15, 0.2) is 0 Å². The molecular weight excluding hydrogens is 351 g/mol. The van der Waals surface area contributed by atoms with Crippen molar-refractivity contribution >= 4 is 40.7 Å². The average molecular weight is 371 g/mol. The van der Waals surface area contributed by atoms with E-state index in [1.54, 1.807) is 23.1 Å². The van der Waals surface area contributed by atoms with Crippen LogP contribution in [0.5, 0.6) is 0 Å². The number of carbonyl (C=O) groups excluding carboxylic acids is 2. The van der Waals surface area contributed by atoms with E-state index in [2.05, 4.69) is 5.32 Å². The number of nitrogens with zero attached hydrogens (tertiary/aromatic N) is 1. The zero-order valence-electron chi connectivity index (χ0n) is 13.2. The molecule has 1 aromatic rings. The van der Waals surface area contributed by atoms with Gasteiger partial charge in [0.25, 0.3) is 5.91 Å². The predicted octanol–water partition coefficient (Wildman–Crippen LogP) is 2.91. The van der Waals surface area contributed by atoms with Crippen LogP contribution in [0.4, 0.5) is 5.69 Å². The third-order valence-corrected chi connectivity index (χ3v) is 5.34. The van der Waals surface area contributed by atoms with Crippen molar-refractivity contribution in [2.75, 3.05) is 11.4 Å². The molecule has 3 rings (SSSR count). The highest BCUT2D eigenvalue weighted by Gasteiger charge is 2.41. The fourth-order valence-electron chi connectivity index (χ4n) is 3.43. The summed E-state index contributed by atoms with van der Waals surface area (Å²) in [6, 6.07) is 4.34.